The van der Waals surface area contributed by atoms with Crippen LogP contribution in [0.3, 0.4) is 0 Å². The number of carbonyl (C=O) groups is 1. The van der Waals surface area contributed by atoms with E-state index in [4.69, 9.17) is 0 Å². The highest BCUT2D eigenvalue weighted by atomic mass is 16.1. The summed E-state index contributed by atoms with van der Waals surface area (Å²) < 4.78 is 0. The van der Waals surface area contributed by atoms with Crippen LogP contribution < -0.4 is 4.90 Å². The summed E-state index contributed by atoms with van der Waals surface area (Å²) in [4.78, 5) is 14.9. The van der Waals surface area contributed by atoms with Crippen molar-refractivity contribution in [1.29, 1.82) is 0 Å². The minimum Gasteiger partial charge on any atom is -0.378 e. The van der Waals surface area contributed by atoms with Crippen molar-refractivity contribution < 1.29 is 4.79 Å². The number of rotatable bonds is 6. The predicted octanol–water partition coefficient (Wildman–Crippen LogP) is 4.46. The van der Waals surface area contributed by atoms with Crippen molar-refractivity contribution in [3.05, 3.63) is 102 Å². The second kappa shape index (κ2) is 8.72. The van der Waals surface area contributed by atoms with Gasteiger partial charge in [-0.05, 0) is 17.7 Å². The lowest BCUT2D eigenvalue weighted by Crippen LogP contribution is -2.15. The van der Waals surface area contributed by atoms with Crippen LogP contribution in [0, 0.1) is 0 Å². The van der Waals surface area contributed by atoms with E-state index in [1.54, 1.807) is 18.3 Å². The summed E-state index contributed by atoms with van der Waals surface area (Å²) in [6.45, 7) is 0. The number of benzene rings is 3. The average Bonchev–Trinajstić information content (AvgIpc) is 2.72. The van der Waals surface area contributed by atoms with Crippen LogP contribution >= 0.6 is 0 Å². The number of nitrogens with zero attached hydrogens (tertiary/aromatic N) is 3. The highest BCUT2D eigenvalue weighted by Gasteiger charge is 2.15. The Bertz CT molecular complexity index is 944. The van der Waals surface area contributed by atoms with E-state index in [0.717, 1.165) is 16.8 Å². The molecule has 0 aromatic heterocycles. The molecule has 4 nitrogen and oxygen atoms in total. The van der Waals surface area contributed by atoms with Gasteiger partial charge in [-0.15, -0.1) is 5.10 Å². The Morgan fingerprint density at radius 2 is 1.33 bits per heavy atom. The fraction of sp³-hybridized carbons (Fsp3) is 0.0870. The molecule has 0 N–H and O–H groups in total. The molecule has 4 heteroatoms. The van der Waals surface area contributed by atoms with Gasteiger partial charge in [-0.2, -0.15) is 5.10 Å². The lowest BCUT2D eigenvalue weighted by Gasteiger charge is -2.11. The van der Waals surface area contributed by atoms with Crippen LogP contribution in [-0.2, 0) is 0 Å². The van der Waals surface area contributed by atoms with Gasteiger partial charge in [0.15, 0.2) is 0 Å². The molecule has 3 aromatic carbocycles. The molecule has 0 amide bonds. The van der Waals surface area contributed by atoms with Crippen LogP contribution in [0.4, 0.5) is 5.69 Å². The first-order valence-corrected chi connectivity index (χ1v) is 8.69. The third kappa shape index (κ3) is 4.76. The zero-order valence-corrected chi connectivity index (χ0v) is 15.4. The predicted molar refractivity (Wildman–Crippen MR) is 112 cm³/mol. The first kappa shape index (κ1) is 18.3. The standard InChI is InChI=1S/C23H21N3O/c1-26(2)21-15-13-18(14-16-21)17-24-25-22(19-9-5-3-6-10-19)23(27)20-11-7-4-8-12-20/h3-17H,1-2H3/b24-17+,25-22+. The summed E-state index contributed by atoms with van der Waals surface area (Å²) >= 11 is 0. The van der Waals surface area contributed by atoms with Crippen molar-refractivity contribution in [2.75, 3.05) is 19.0 Å². The molecule has 0 atom stereocenters. The summed E-state index contributed by atoms with van der Waals surface area (Å²) in [5, 5.41) is 8.42. The third-order valence-electron chi connectivity index (χ3n) is 4.07. The number of anilines is 1. The van der Waals surface area contributed by atoms with Gasteiger partial charge in [-0.3, -0.25) is 4.79 Å². The maximum Gasteiger partial charge on any atom is 0.213 e. The van der Waals surface area contributed by atoms with Crippen molar-refractivity contribution >= 4 is 23.4 Å². The summed E-state index contributed by atoms with van der Waals surface area (Å²) in [5.74, 6) is -0.151. The van der Waals surface area contributed by atoms with Crippen LogP contribution in [0.15, 0.2) is 95.1 Å². The molecule has 0 unspecified atom stereocenters. The largest absolute Gasteiger partial charge is 0.378 e. The Labute approximate surface area is 159 Å². The topological polar surface area (TPSA) is 45.0 Å². The van der Waals surface area contributed by atoms with Crippen LogP contribution in [0.1, 0.15) is 21.5 Å². The summed E-state index contributed by atoms with van der Waals surface area (Å²) in [5.41, 5.74) is 3.68. The fourth-order valence-electron chi connectivity index (χ4n) is 2.57. The van der Waals surface area contributed by atoms with Crippen LogP contribution in [-0.4, -0.2) is 31.8 Å². The van der Waals surface area contributed by atoms with Crippen LogP contribution in [0.25, 0.3) is 0 Å². The number of hydrogen-bond donors (Lipinski definition) is 0. The van der Waals surface area contributed by atoms with E-state index in [1.807, 2.05) is 91.8 Å². The molecule has 0 aliphatic heterocycles. The van der Waals surface area contributed by atoms with Crippen molar-refractivity contribution in [2.45, 2.75) is 0 Å². The zero-order chi connectivity index (χ0) is 19.1. The summed E-state index contributed by atoms with van der Waals surface area (Å²) in [6.07, 6.45) is 1.65. The van der Waals surface area contributed by atoms with Crippen molar-refractivity contribution in [1.82, 2.24) is 0 Å². The second-order valence-electron chi connectivity index (χ2n) is 6.24. The molecule has 0 aliphatic rings. The molecule has 3 rings (SSSR count). The molecular formula is C23H21N3O. The van der Waals surface area contributed by atoms with E-state index in [0.29, 0.717) is 11.3 Å². The SMILES string of the molecule is CN(C)c1ccc(/C=N/N=C(/C(=O)c2ccccc2)c2ccccc2)cc1. The van der Waals surface area contributed by atoms with E-state index in [9.17, 15) is 4.79 Å². The molecule has 0 saturated heterocycles. The zero-order valence-electron chi connectivity index (χ0n) is 15.4. The molecule has 27 heavy (non-hydrogen) atoms. The Morgan fingerprint density at radius 3 is 1.89 bits per heavy atom. The molecule has 0 heterocycles. The Hall–Kier alpha value is -3.53. The highest BCUT2D eigenvalue weighted by Crippen LogP contribution is 2.12. The third-order valence-corrected chi connectivity index (χ3v) is 4.07. The molecule has 0 saturated carbocycles. The fourth-order valence-corrected chi connectivity index (χ4v) is 2.57. The van der Waals surface area contributed by atoms with E-state index < -0.39 is 0 Å². The molecule has 0 radical (unpaired) electrons. The maximum atomic E-state index is 12.9. The minimum absolute atomic E-state index is 0.151. The monoisotopic (exact) mass is 355 g/mol. The Morgan fingerprint density at radius 1 is 0.778 bits per heavy atom. The number of carbonyl (C=O) groups excluding carboxylic acids is 1. The van der Waals surface area contributed by atoms with Crippen molar-refractivity contribution in [3.63, 3.8) is 0 Å². The normalized spacial score (nSPS) is 11.6. The van der Waals surface area contributed by atoms with Crippen LogP contribution in [0.2, 0.25) is 0 Å². The Kier molecular flexibility index (Phi) is 5.90. The molecule has 0 spiro atoms. The number of Topliss-reactive ketones (excluding diaryl/α,β-unsaturated/α-hetero) is 1. The van der Waals surface area contributed by atoms with Gasteiger partial charge in [-0.1, -0.05) is 72.8 Å². The van der Waals surface area contributed by atoms with Crippen molar-refractivity contribution in [2.24, 2.45) is 10.2 Å². The van der Waals surface area contributed by atoms with E-state index >= 15 is 0 Å². The second-order valence-corrected chi connectivity index (χ2v) is 6.24. The number of hydrogen-bond acceptors (Lipinski definition) is 4. The van der Waals surface area contributed by atoms with Gasteiger partial charge < -0.3 is 4.90 Å². The first-order valence-electron chi connectivity index (χ1n) is 8.69. The molecule has 0 fully saturated rings. The first-order chi connectivity index (χ1) is 13.1. The quantitative estimate of drug-likeness (QED) is 0.372. The van der Waals surface area contributed by atoms with E-state index in [2.05, 4.69) is 10.2 Å². The minimum atomic E-state index is -0.151. The highest BCUT2D eigenvalue weighted by molar-refractivity contribution is 6.51. The van der Waals surface area contributed by atoms with E-state index in [1.165, 1.54) is 0 Å². The lowest BCUT2D eigenvalue weighted by molar-refractivity contribution is 0.106. The van der Waals surface area contributed by atoms with E-state index in [-0.39, 0.29) is 5.78 Å². The van der Waals surface area contributed by atoms with Gasteiger partial charge in [0.05, 0.1) is 6.21 Å². The van der Waals surface area contributed by atoms with Crippen molar-refractivity contribution in [3.8, 4) is 0 Å². The van der Waals surface area contributed by atoms with Gasteiger partial charge in [0.2, 0.25) is 5.78 Å². The maximum absolute atomic E-state index is 12.9. The lowest BCUT2D eigenvalue weighted by atomic mass is 10.0. The van der Waals surface area contributed by atoms with Gasteiger partial charge in [0.1, 0.15) is 5.71 Å². The van der Waals surface area contributed by atoms with Gasteiger partial charge in [0, 0.05) is 30.9 Å². The summed E-state index contributed by atoms with van der Waals surface area (Å²) in [7, 11) is 3.99. The average molecular weight is 355 g/mol. The molecular weight excluding hydrogens is 334 g/mol. The smallest absolute Gasteiger partial charge is 0.213 e. The van der Waals surface area contributed by atoms with Gasteiger partial charge in [0.25, 0.3) is 0 Å². The molecule has 134 valence electrons. The summed E-state index contributed by atoms with van der Waals surface area (Å²) in [6, 6.07) is 26.5. The molecule has 0 bridgehead atoms. The molecule has 3 aromatic rings. The van der Waals surface area contributed by atoms with Gasteiger partial charge in [-0.25, -0.2) is 0 Å². The van der Waals surface area contributed by atoms with Crippen LogP contribution in [0.5, 0.6) is 0 Å². The molecule has 0 aliphatic carbocycles. The van der Waals surface area contributed by atoms with Gasteiger partial charge >= 0.3 is 0 Å². The Balaban J connectivity index is 1.89. The number of ketones is 1.